The van der Waals surface area contributed by atoms with Crippen molar-refractivity contribution in [3.8, 4) is 11.5 Å². The van der Waals surface area contributed by atoms with Crippen molar-refractivity contribution in [2.75, 3.05) is 18.7 Å². The highest BCUT2D eigenvalue weighted by molar-refractivity contribution is 6.33. The Labute approximate surface area is 129 Å². The maximum Gasteiger partial charge on any atom is 0.231 e. The molecule has 0 radical (unpaired) electrons. The van der Waals surface area contributed by atoms with Crippen LogP contribution in [-0.4, -0.2) is 25.5 Å². The summed E-state index contributed by atoms with van der Waals surface area (Å²) < 4.78 is 16.7. The molecule has 0 amide bonds. The van der Waals surface area contributed by atoms with Gasteiger partial charge >= 0.3 is 0 Å². The zero-order chi connectivity index (χ0) is 14.4. The van der Waals surface area contributed by atoms with Gasteiger partial charge in [-0.05, 0) is 26.2 Å². The highest BCUT2D eigenvalue weighted by Crippen LogP contribution is 2.58. The molecule has 4 rings (SSSR count). The molecule has 21 heavy (non-hydrogen) atoms. The first-order chi connectivity index (χ1) is 10.2. The number of hydrogen-bond donors (Lipinski definition) is 1. The predicted octanol–water partition coefficient (Wildman–Crippen LogP) is 3.83. The molecule has 3 aliphatic rings. The highest BCUT2D eigenvalue weighted by atomic mass is 35.5. The Morgan fingerprint density at radius 1 is 1.33 bits per heavy atom. The third-order valence-corrected chi connectivity index (χ3v) is 5.54. The van der Waals surface area contributed by atoms with Gasteiger partial charge in [0.05, 0.1) is 16.8 Å². The van der Waals surface area contributed by atoms with E-state index in [9.17, 15) is 0 Å². The first-order valence-corrected chi connectivity index (χ1v) is 8.08. The molecule has 1 N–H and O–H groups in total. The van der Waals surface area contributed by atoms with Crippen LogP contribution in [0.2, 0.25) is 5.02 Å². The van der Waals surface area contributed by atoms with E-state index in [2.05, 4.69) is 12.2 Å². The standard InChI is InChI=1S/C16H20ClNO3/c1-2-19-15-8-14(16(15)4-3-5-16)18-11-7-13-12(6-10(11)17)20-9-21-13/h6-7,14-15,18H,2-5,8-9H2,1H3. The molecule has 0 bridgehead atoms. The van der Waals surface area contributed by atoms with Gasteiger partial charge in [0.15, 0.2) is 11.5 Å². The first kappa shape index (κ1) is 13.5. The van der Waals surface area contributed by atoms with Crippen LogP contribution in [0.3, 0.4) is 0 Å². The Kier molecular flexibility index (Phi) is 3.19. The topological polar surface area (TPSA) is 39.7 Å². The van der Waals surface area contributed by atoms with Crippen molar-refractivity contribution in [2.45, 2.75) is 44.8 Å². The Balaban J connectivity index is 1.52. The maximum atomic E-state index is 6.36. The molecule has 2 fully saturated rings. The average molecular weight is 310 g/mol. The molecule has 2 unspecified atom stereocenters. The Bertz CT molecular complexity index is 559. The van der Waals surface area contributed by atoms with Crippen LogP contribution < -0.4 is 14.8 Å². The Morgan fingerprint density at radius 2 is 2.10 bits per heavy atom. The molecular formula is C16H20ClNO3. The summed E-state index contributed by atoms with van der Waals surface area (Å²) in [6, 6.07) is 4.23. The summed E-state index contributed by atoms with van der Waals surface area (Å²) in [5.41, 5.74) is 1.25. The molecule has 4 nitrogen and oxygen atoms in total. The van der Waals surface area contributed by atoms with E-state index in [4.69, 9.17) is 25.8 Å². The quantitative estimate of drug-likeness (QED) is 0.917. The molecule has 1 aromatic rings. The lowest BCUT2D eigenvalue weighted by molar-refractivity contribution is -0.157. The summed E-state index contributed by atoms with van der Waals surface area (Å²) in [5.74, 6) is 1.50. The minimum atomic E-state index is 0.273. The van der Waals surface area contributed by atoms with Crippen molar-refractivity contribution in [3.63, 3.8) is 0 Å². The van der Waals surface area contributed by atoms with Crippen molar-refractivity contribution >= 4 is 17.3 Å². The molecule has 1 heterocycles. The molecule has 1 aromatic carbocycles. The van der Waals surface area contributed by atoms with Crippen molar-refractivity contribution in [1.82, 2.24) is 0 Å². The zero-order valence-electron chi connectivity index (χ0n) is 12.2. The number of benzene rings is 1. The van der Waals surface area contributed by atoms with Gasteiger partial charge in [-0.15, -0.1) is 0 Å². The van der Waals surface area contributed by atoms with Crippen LogP contribution in [0.15, 0.2) is 12.1 Å². The lowest BCUT2D eigenvalue weighted by Crippen LogP contribution is -2.64. The molecule has 2 aliphatic carbocycles. The van der Waals surface area contributed by atoms with Crippen LogP contribution >= 0.6 is 11.6 Å². The van der Waals surface area contributed by atoms with Gasteiger partial charge in [0.2, 0.25) is 6.79 Å². The van der Waals surface area contributed by atoms with E-state index in [-0.39, 0.29) is 6.79 Å². The van der Waals surface area contributed by atoms with E-state index >= 15 is 0 Å². The number of nitrogens with one attached hydrogen (secondary N) is 1. The predicted molar refractivity (Wildman–Crippen MR) is 81.3 cm³/mol. The normalized spacial score (nSPS) is 28.1. The molecule has 114 valence electrons. The maximum absolute atomic E-state index is 6.36. The van der Waals surface area contributed by atoms with Crippen LogP contribution in [0.5, 0.6) is 11.5 Å². The lowest BCUT2D eigenvalue weighted by Gasteiger charge is -2.61. The largest absolute Gasteiger partial charge is 0.454 e. The van der Waals surface area contributed by atoms with Crippen LogP contribution in [0.4, 0.5) is 5.69 Å². The molecule has 2 saturated carbocycles. The molecule has 1 spiro atoms. The van der Waals surface area contributed by atoms with Crippen molar-refractivity contribution in [2.24, 2.45) is 5.41 Å². The van der Waals surface area contributed by atoms with Crippen molar-refractivity contribution in [3.05, 3.63) is 17.2 Å². The van der Waals surface area contributed by atoms with Gasteiger partial charge in [0.1, 0.15) is 0 Å². The third kappa shape index (κ3) is 2.00. The zero-order valence-corrected chi connectivity index (χ0v) is 12.9. The number of fused-ring (bicyclic) bond motifs is 1. The smallest absolute Gasteiger partial charge is 0.231 e. The Hall–Kier alpha value is -1.13. The lowest BCUT2D eigenvalue weighted by atomic mass is 9.51. The van der Waals surface area contributed by atoms with Gasteiger partial charge < -0.3 is 19.5 Å². The minimum absolute atomic E-state index is 0.273. The first-order valence-electron chi connectivity index (χ1n) is 7.70. The van der Waals surface area contributed by atoms with Gasteiger partial charge in [0, 0.05) is 30.2 Å². The summed E-state index contributed by atoms with van der Waals surface area (Å²) in [6.45, 7) is 3.14. The monoisotopic (exact) mass is 309 g/mol. The molecule has 2 atom stereocenters. The van der Waals surface area contributed by atoms with Gasteiger partial charge in [-0.3, -0.25) is 0 Å². The van der Waals surface area contributed by atoms with Crippen LogP contribution in [0, 0.1) is 5.41 Å². The summed E-state index contributed by atoms with van der Waals surface area (Å²) in [6.07, 6.45) is 5.26. The van der Waals surface area contributed by atoms with Crippen LogP contribution in [-0.2, 0) is 4.74 Å². The van der Waals surface area contributed by atoms with Crippen LogP contribution in [0.25, 0.3) is 0 Å². The molecule has 1 aliphatic heterocycles. The molecule has 5 heteroatoms. The Morgan fingerprint density at radius 3 is 2.76 bits per heavy atom. The van der Waals surface area contributed by atoms with Gasteiger partial charge in [-0.2, -0.15) is 0 Å². The van der Waals surface area contributed by atoms with E-state index < -0.39 is 0 Å². The van der Waals surface area contributed by atoms with E-state index in [0.29, 0.717) is 22.6 Å². The number of rotatable bonds is 4. The van der Waals surface area contributed by atoms with Gasteiger partial charge in [-0.25, -0.2) is 0 Å². The van der Waals surface area contributed by atoms with E-state index in [1.54, 1.807) is 0 Å². The SMILES string of the molecule is CCOC1CC(Nc2cc3c(cc2Cl)OCO3)C12CCC2. The second-order valence-electron chi connectivity index (χ2n) is 6.15. The third-order valence-electron chi connectivity index (χ3n) is 5.23. The molecule has 0 aromatic heterocycles. The molecular weight excluding hydrogens is 290 g/mol. The molecule has 0 saturated heterocycles. The fourth-order valence-electron chi connectivity index (χ4n) is 3.86. The minimum Gasteiger partial charge on any atom is -0.454 e. The average Bonchev–Trinajstić information content (AvgIpc) is 2.82. The van der Waals surface area contributed by atoms with Crippen molar-refractivity contribution < 1.29 is 14.2 Å². The summed E-state index contributed by atoms with van der Waals surface area (Å²) in [7, 11) is 0. The summed E-state index contributed by atoms with van der Waals surface area (Å²) in [5, 5.41) is 4.30. The summed E-state index contributed by atoms with van der Waals surface area (Å²) >= 11 is 6.36. The van der Waals surface area contributed by atoms with Crippen LogP contribution in [0.1, 0.15) is 32.6 Å². The summed E-state index contributed by atoms with van der Waals surface area (Å²) in [4.78, 5) is 0. The number of anilines is 1. The second kappa shape index (κ2) is 4.96. The second-order valence-corrected chi connectivity index (χ2v) is 6.56. The number of ether oxygens (including phenoxy) is 3. The van der Waals surface area contributed by atoms with E-state index in [0.717, 1.165) is 30.2 Å². The fraction of sp³-hybridized carbons (Fsp3) is 0.625. The van der Waals surface area contributed by atoms with Gasteiger partial charge in [-0.1, -0.05) is 18.0 Å². The van der Waals surface area contributed by atoms with E-state index in [1.807, 2.05) is 12.1 Å². The van der Waals surface area contributed by atoms with Gasteiger partial charge in [0.25, 0.3) is 0 Å². The highest BCUT2D eigenvalue weighted by Gasteiger charge is 2.59. The fourth-order valence-corrected chi connectivity index (χ4v) is 4.06. The number of halogens is 1. The number of hydrogen-bond acceptors (Lipinski definition) is 4. The van der Waals surface area contributed by atoms with E-state index in [1.165, 1.54) is 19.3 Å². The van der Waals surface area contributed by atoms with Crippen molar-refractivity contribution in [1.29, 1.82) is 0 Å².